The molecule has 3 aromatic rings. The number of methoxy groups -OCH3 is 1. The summed E-state index contributed by atoms with van der Waals surface area (Å²) < 4.78 is 12.9. The molecular formula is C22H25N3O2. The molecule has 0 aliphatic carbocycles. The van der Waals surface area contributed by atoms with Gasteiger partial charge in [0.2, 0.25) is 0 Å². The van der Waals surface area contributed by atoms with Crippen molar-refractivity contribution in [3.05, 3.63) is 66.4 Å². The molecule has 1 aromatic heterocycles. The number of nitrogens with zero attached hydrogens (tertiary/aromatic N) is 2. The van der Waals surface area contributed by atoms with E-state index in [9.17, 15) is 0 Å². The van der Waals surface area contributed by atoms with Crippen LogP contribution in [0.1, 0.15) is 18.4 Å². The zero-order chi connectivity index (χ0) is 18.5. The minimum Gasteiger partial charge on any atom is -0.497 e. The number of benzene rings is 2. The summed E-state index contributed by atoms with van der Waals surface area (Å²) in [4.78, 5) is 0. The molecule has 2 aromatic carbocycles. The molecule has 1 fully saturated rings. The van der Waals surface area contributed by atoms with Crippen molar-refractivity contribution in [2.24, 2.45) is 0 Å². The Balaban J connectivity index is 1.59. The normalized spacial score (nSPS) is 16.6. The molecule has 0 amide bonds. The number of ether oxygens (including phenoxy) is 2. The highest BCUT2D eigenvalue weighted by molar-refractivity contribution is 5.64. The molecule has 5 heteroatoms. The third-order valence-corrected chi connectivity index (χ3v) is 4.89. The van der Waals surface area contributed by atoms with Crippen molar-refractivity contribution in [3.8, 4) is 22.7 Å². The van der Waals surface area contributed by atoms with Gasteiger partial charge < -0.3 is 14.8 Å². The molecule has 5 nitrogen and oxygen atoms in total. The van der Waals surface area contributed by atoms with Gasteiger partial charge in [-0.3, -0.25) is 0 Å². The molecule has 0 radical (unpaired) electrons. The zero-order valence-corrected chi connectivity index (χ0v) is 15.6. The van der Waals surface area contributed by atoms with Gasteiger partial charge in [0.15, 0.2) is 0 Å². The number of para-hydroxylation sites is 1. The third-order valence-electron chi connectivity index (χ3n) is 4.89. The number of hydrogen-bond acceptors (Lipinski definition) is 4. The summed E-state index contributed by atoms with van der Waals surface area (Å²) in [6, 6.07) is 18.3. The first-order chi connectivity index (χ1) is 13.3. The zero-order valence-electron chi connectivity index (χ0n) is 15.6. The van der Waals surface area contributed by atoms with Crippen molar-refractivity contribution in [1.82, 2.24) is 15.1 Å². The van der Waals surface area contributed by atoms with Crippen LogP contribution >= 0.6 is 0 Å². The summed E-state index contributed by atoms with van der Waals surface area (Å²) in [5, 5.41) is 8.40. The van der Waals surface area contributed by atoms with Crippen LogP contribution in [0.2, 0.25) is 0 Å². The van der Waals surface area contributed by atoms with Crippen molar-refractivity contribution < 1.29 is 9.47 Å². The van der Waals surface area contributed by atoms with Gasteiger partial charge in [-0.2, -0.15) is 5.10 Å². The van der Waals surface area contributed by atoms with E-state index in [0.29, 0.717) is 6.10 Å². The third kappa shape index (κ3) is 4.21. The van der Waals surface area contributed by atoms with Crippen LogP contribution in [0.3, 0.4) is 0 Å². The monoisotopic (exact) mass is 363 g/mol. The lowest BCUT2D eigenvalue weighted by Crippen LogP contribution is -2.25. The molecule has 0 saturated carbocycles. The second-order valence-corrected chi connectivity index (χ2v) is 6.78. The summed E-state index contributed by atoms with van der Waals surface area (Å²) >= 11 is 0. The lowest BCUT2D eigenvalue weighted by atomic mass is 10.1. The Morgan fingerprint density at radius 3 is 2.67 bits per heavy atom. The Bertz CT molecular complexity index is 853. The molecule has 27 heavy (non-hydrogen) atoms. The van der Waals surface area contributed by atoms with Crippen LogP contribution in [-0.2, 0) is 11.3 Å². The van der Waals surface area contributed by atoms with Crippen molar-refractivity contribution in [2.75, 3.05) is 20.3 Å². The quantitative estimate of drug-likeness (QED) is 0.693. The average molecular weight is 363 g/mol. The molecule has 1 unspecified atom stereocenters. The SMILES string of the molecule is COc1ccc(-c2nn(-c3ccccc3)cc2CNCC2CCCO2)cc1. The van der Waals surface area contributed by atoms with Gasteiger partial charge in [0.1, 0.15) is 5.75 Å². The first kappa shape index (κ1) is 17.8. The van der Waals surface area contributed by atoms with Gasteiger partial charge in [0.25, 0.3) is 0 Å². The van der Waals surface area contributed by atoms with Gasteiger partial charge in [0.05, 0.1) is 24.6 Å². The van der Waals surface area contributed by atoms with Crippen LogP contribution in [0, 0.1) is 0 Å². The molecule has 4 rings (SSSR count). The first-order valence-corrected chi connectivity index (χ1v) is 9.44. The Kier molecular flexibility index (Phi) is 5.51. The van der Waals surface area contributed by atoms with Crippen LogP contribution in [0.4, 0.5) is 0 Å². The number of hydrogen-bond donors (Lipinski definition) is 1. The predicted octanol–water partition coefficient (Wildman–Crippen LogP) is 3.82. The molecule has 1 saturated heterocycles. The van der Waals surface area contributed by atoms with Crippen LogP contribution in [0.5, 0.6) is 5.75 Å². The van der Waals surface area contributed by atoms with Crippen molar-refractivity contribution >= 4 is 0 Å². The highest BCUT2D eigenvalue weighted by Gasteiger charge is 2.16. The van der Waals surface area contributed by atoms with E-state index in [1.807, 2.05) is 35.0 Å². The molecule has 2 heterocycles. The average Bonchev–Trinajstić information content (AvgIpc) is 3.39. The van der Waals surface area contributed by atoms with Crippen molar-refractivity contribution in [3.63, 3.8) is 0 Å². The van der Waals surface area contributed by atoms with E-state index in [4.69, 9.17) is 14.6 Å². The summed E-state index contributed by atoms with van der Waals surface area (Å²) in [6.45, 7) is 2.52. The lowest BCUT2D eigenvalue weighted by molar-refractivity contribution is 0.110. The van der Waals surface area contributed by atoms with E-state index in [0.717, 1.165) is 55.2 Å². The molecular weight excluding hydrogens is 338 g/mol. The van der Waals surface area contributed by atoms with Crippen LogP contribution in [0.15, 0.2) is 60.8 Å². The molecule has 1 N–H and O–H groups in total. The van der Waals surface area contributed by atoms with E-state index in [2.05, 4.69) is 35.8 Å². The molecule has 0 spiro atoms. The fourth-order valence-corrected chi connectivity index (χ4v) is 3.42. The van der Waals surface area contributed by atoms with Gasteiger partial charge in [-0.15, -0.1) is 0 Å². The second kappa shape index (κ2) is 8.37. The van der Waals surface area contributed by atoms with Gasteiger partial charge in [0, 0.05) is 37.0 Å². The Morgan fingerprint density at radius 2 is 1.96 bits per heavy atom. The molecule has 1 atom stereocenters. The van der Waals surface area contributed by atoms with Gasteiger partial charge >= 0.3 is 0 Å². The minimum absolute atomic E-state index is 0.332. The van der Waals surface area contributed by atoms with Gasteiger partial charge in [-0.1, -0.05) is 18.2 Å². The minimum atomic E-state index is 0.332. The molecule has 140 valence electrons. The van der Waals surface area contributed by atoms with E-state index in [1.54, 1.807) is 7.11 Å². The van der Waals surface area contributed by atoms with Gasteiger partial charge in [-0.05, 0) is 49.2 Å². The molecule has 1 aliphatic heterocycles. The predicted molar refractivity (Wildman–Crippen MR) is 106 cm³/mol. The Morgan fingerprint density at radius 1 is 1.15 bits per heavy atom. The first-order valence-electron chi connectivity index (χ1n) is 9.44. The van der Waals surface area contributed by atoms with Crippen molar-refractivity contribution in [1.29, 1.82) is 0 Å². The maximum atomic E-state index is 5.71. The van der Waals surface area contributed by atoms with Crippen molar-refractivity contribution in [2.45, 2.75) is 25.5 Å². The van der Waals surface area contributed by atoms with Crippen LogP contribution in [-0.4, -0.2) is 36.1 Å². The number of nitrogens with one attached hydrogen (secondary N) is 1. The number of aromatic nitrogens is 2. The van der Waals surface area contributed by atoms with Gasteiger partial charge in [-0.25, -0.2) is 4.68 Å². The second-order valence-electron chi connectivity index (χ2n) is 6.78. The highest BCUT2D eigenvalue weighted by Crippen LogP contribution is 2.26. The summed E-state index contributed by atoms with van der Waals surface area (Å²) in [5.74, 6) is 0.847. The van der Waals surface area contributed by atoms with E-state index >= 15 is 0 Å². The Hall–Kier alpha value is -2.63. The summed E-state index contributed by atoms with van der Waals surface area (Å²) in [7, 11) is 1.68. The lowest BCUT2D eigenvalue weighted by Gasteiger charge is -2.10. The maximum Gasteiger partial charge on any atom is 0.118 e. The number of rotatable bonds is 7. The maximum absolute atomic E-state index is 5.71. The summed E-state index contributed by atoms with van der Waals surface area (Å²) in [6.07, 6.45) is 4.74. The van der Waals surface area contributed by atoms with E-state index < -0.39 is 0 Å². The van der Waals surface area contributed by atoms with E-state index in [-0.39, 0.29) is 0 Å². The van der Waals surface area contributed by atoms with E-state index in [1.165, 1.54) is 5.56 Å². The smallest absolute Gasteiger partial charge is 0.118 e. The standard InChI is InChI=1S/C22H25N3O2/c1-26-20-11-9-17(10-12-20)22-18(14-23-15-21-8-5-13-27-21)16-25(24-22)19-6-3-2-4-7-19/h2-4,6-7,9-12,16,21,23H,5,8,13-15H2,1H3. The Labute approximate surface area is 159 Å². The van der Waals surface area contributed by atoms with Crippen LogP contribution < -0.4 is 10.1 Å². The largest absolute Gasteiger partial charge is 0.497 e. The summed E-state index contributed by atoms with van der Waals surface area (Å²) in [5.41, 5.74) is 4.29. The highest BCUT2D eigenvalue weighted by atomic mass is 16.5. The fraction of sp³-hybridized carbons (Fsp3) is 0.318. The molecule has 0 bridgehead atoms. The fourth-order valence-electron chi connectivity index (χ4n) is 3.42. The van der Waals surface area contributed by atoms with Crippen LogP contribution in [0.25, 0.3) is 16.9 Å². The topological polar surface area (TPSA) is 48.3 Å². The molecule has 1 aliphatic rings.